The molecule has 1 aromatic heterocycles. The van der Waals surface area contributed by atoms with Crippen LogP contribution < -0.4 is 0 Å². The molecule has 0 radical (unpaired) electrons. The van der Waals surface area contributed by atoms with E-state index < -0.39 is 5.97 Å². The molecule has 0 unspecified atom stereocenters. The number of aromatic nitrogens is 2. The molecule has 5 nitrogen and oxygen atoms in total. The second-order valence-corrected chi connectivity index (χ2v) is 2.30. The molecule has 0 fully saturated rings. The average molecular weight is 180 g/mol. The summed E-state index contributed by atoms with van der Waals surface area (Å²) in [6, 6.07) is 0. The van der Waals surface area contributed by atoms with Gasteiger partial charge in [0.25, 0.3) is 0 Å². The maximum Gasteiger partial charge on any atom is 0.313 e. The molecule has 0 N–H and O–H groups in total. The lowest BCUT2D eigenvalue weighted by atomic mass is 10.2. The van der Waals surface area contributed by atoms with Gasteiger partial charge in [-0.1, -0.05) is 0 Å². The summed E-state index contributed by atoms with van der Waals surface area (Å²) in [7, 11) is 1.23. The SMILES string of the molecule is COC(=O)CC(=O)c1cncnc1. The van der Waals surface area contributed by atoms with Crippen molar-refractivity contribution in [1.82, 2.24) is 9.97 Å². The Morgan fingerprint density at radius 2 is 2.00 bits per heavy atom. The van der Waals surface area contributed by atoms with Gasteiger partial charge in [-0.05, 0) is 0 Å². The highest BCUT2D eigenvalue weighted by Crippen LogP contribution is 1.99. The Labute approximate surface area is 74.8 Å². The van der Waals surface area contributed by atoms with E-state index in [4.69, 9.17) is 0 Å². The number of ketones is 1. The molecular formula is C8H8N2O3. The van der Waals surface area contributed by atoms with Crippen molar-refractivity contribution >= 4 is 11.8 Å². The van der Waals surface area contributed by atoms with Gasteiger partial charge < -0.3 is 4.74 Å². The largest absolute Gasteiger partial charge is 0.469 e. The molecule has 68 valence electrons. The Bertz CT molecular complexity index is 310. The summed E-state index contributed by atoms with van der Waals surface area (Å²) in [4.78, 5) is 29.3. The van der Waals surface area contributed by atoms with E-state index in [2.05, 4.69) is 14.7 Å². The van der Waals surface area contributed by atoms with Gasteiger partial charge in [-0.3, -0.25) is 9.59 Å². The van der Waals surface area contributed by atoms with Crippen molar-refractivity contribution in [3.8, 4) is 0 Å². The number of carbonyl (C=O) groups is 2. The van der Waals surface area contributed by atoms with Crippen LogP contribution in [0.3, 0.4) is 0 Å². The molecule has 13 heavy (non-hydrogen) atoms. The number of hydrogen-bond acceptors (Lipinski definition) is 5. The predicted octanol–water partition coefficient (Wildman–Crippen LogP) is 0.222. The molecule has 0 atom stereocenters. The fourth-order valence-corrected chi connectivity index (χ4v) is 0.748. The molecule has 0 aliphatic heterocycles. The van der Waals surface area contributed by atoms with Crippen molar-refractivity contribution in [2.24, 2.45) is 0 Å². The molecule has 1 rings (SSSR count). The van der Waals surface area contributed by atoms with E-state index in [9.17, 15) is 9.59 Å². The zero-order valence-electron chi connectivity index (χ0n) is 7.06. The highest BCUT2D eigenvalue weighted by Gasteiger charge is 2.11. The third kappa shape index (κ3) is 2.62. The molecule has 0 spiro atoms. The molecule has 0 aliphatic rings. The summed E-state index contributed by atoms with van der Waals surface area (Å²) in [6.07, 6.45) is 3.76. The number of methoxy groups -OCH3 is 1. The summed E-state index contributed by atoms with van der Waals surface area (Å²) >= 11 is 0. The van der Waals surface area contributed by atoms with Crippen LogP contribution in [-0.2, 0) is 9.53 Å². The van der Waals surface area contributed by atoms with Crippen LogP contribution in [0.25, 0.3) is 0 Å². The van der Waals surface area contributed by atoms with Crippen LogP contribution in [0.5, 0.6) is 0 Å². The first-order chi connectivity index (χ1) is 6.24. The first kappa shape index (κ1) is 9.31. The maximum atomic E-state index is 11.2. The van der Waals surface area contributed by atoms with Crippen molar-refractivity contribution in [2.45, 2.75) is 6.42 Å². The van der Waals surface area contributed by atoms with Gasteiger partial charge in [0.05, 0.1) is 12.7 Å². The van der Waals surface area contributed by atoms with Crippen molar-refractivity contribution in [1.29, 1.82) is 0 Å². The predicted molar refractivity (Wildman–Crippen MR) is 43.0 cm³/mol. The molecule has 0 saturated heterocycles. The van der Waals surface area contributed by atoms with Gasteiger partial charge in [-0.2, -0.15) is 0 Å². The van der Waals surface area contributed by atoms with Crippen molar-refractivity contribution < 1.29 is 14.3 Å². The van der Waals surface area contributed by atoms with E-state index in [0.29, 0.717) is 5.56 Å². The van der Waals surface area contributed by atoms with Crippen LogP contribution >= 0.6 is 0 Å². The second kappa shape index (κ2) is 4.30. The van der Waals surface area contributed by atoms with E-state index >= 15 is 0 Å². The zero-order valence-corrected chi connectivity index (χ0v) is 7.06. The Kier molecular flexibility index (Phi) is 3.08. The number of carbonyl (C=O) groups excluding carboxylic acids is 2. The number of ether oxygens (including phenoxy) is 1. The molecule has 1 aromatic rings. The van der Waals surface area contributed by atoms with Gasteiger partial charge in [0.15, 0.2) is 5.78 Å². The molecule has 0 bridgehead atoms. The number of Topliss-reactive ketones (excluding diaryl/α,β-unsaturated/α-hetero) is 1. The maximum absolute atomic E-state index is 11.2. The van der Waals surface area contributed by atoms with Crippen molar-refractivity contribution in [3.05, 3.63) is 24.3 Å². The standard InChI is InChI=1S/C8H8N2O3/c1-13-8(12)2-7(11)6-3-9-5-10-4-6/h3-5H,2H2,1H3. The van der Waals surface area contributed by atoms with Gasteiger partial charge in [0, 0.05) is 12.4 Å². The number of esters is 1. The Balaban J connectivity index is 2.65. The first-order valence-electron chi connectivity index (χ1n) is 3.59. The minimum Gasteiger partial charge on any atom is -0.469 e. The molecular weight excluding hydrogens is 172 g/mol. The monoisotopic (exact) mass is 180 g/mol. The van der Waals surface area contributed by atoms with Crippen LogP contribution in [-0.4, -0.2) is 28.8 Å². The second-order valence-electron chi connectivity index (χ2n) is 2.30. The van der Waals surface area contributed by atoms with Gasteiger partial charge in [0.1, 0.15) is 12.7 Å². The lowest BCUT2D eigenvalue weighted by Crippen LogP contribution is -2.09. The Morgan fingerprint density at radius 1 is 1.38 bits per heavy atom. The summed E-state index contributed by atoms with van der Waals surface area (Å²) in [5, 5.41) is 0. The smallest absolute Gasteiger partial charge is 0.313 e. The molecule has 0 saturated carbocycles. The molecule has 1 heterocycles. The minimum atomic E-state index is -0.561. The van der Waals surface area contributed by atoms with E-state index in [1.54, 1.807) is 0 Å². The van der Waals surface area contributed by atoms with Crippen molar-refractivity contribution in [2.75, 3.05) is 7.11 Å². The first-order valence-corrected chi connectivity index (χ1v) is 3.59. The van der Waals surface area contributed by atoms with Gasteiger partial charge >= 0.3 is 5.97 Å². The molecule has 5 heteroatoms. The average Bonchev–Trinajstić information content (AvgIpc) is 2.19. The highest BCUT2D eigenvalue weighted by molar-refractivity contribution is 6.05. The topological polar surface area (TPSA) is 69.2 Å². The summed E-state index contributed by atoms with van der Waals surface area (Å²) in [5.41, 5.74) is 0.313. The quantitative estimate of drug-likeness (QED) is 0.378. The summed E-state index contributed by atoms with van der Waals surface area (Å²) in [5.74, 6) is -0.902. The van der Waals surface area contributed by atoms with Gasteiger partial charge in [-0.25, -0.2) is 9.97 Å². The lowest BCUT2D eigenvalue weighted by Gasteiger charge is -1.97. The molecule has 0 aliphatic carbocycles. The summed E-state index contributed by atoms with van der Waals surface area (Å²) < 4.78 is 4.34. The fraction of sp³-hybridized carbons (Fsp3) is 0.250. The Hall–Kier alpha value is -1.78. The zero-order chi connectivity index (χ0) is 9.68. The third-order valence-corrected chi connectivity index (χ3v) is 1.42. The van der Waals surface area contributed by atoms with Gasteiger partial charge in [0.2, 0.25) is 0 Å². The minimum absolute atomic E-state index is 0.274. The van der Waals surface area contributed by atoms with E-state index in [-0.39, 0.29) is 12.2 Å². The Morgan fingerprint density at radius 3 is 2.54 bits per heavy atom. The van der Waals surface area contributed by atoms with Crippen molar-refractivity contribution in [3.63, 3.8) is 0 Å². The third-order valence-electron chi connectivity index (χ3n) is 1.42. The van der Waals surface area contributed by atoms with Crippen LogP contribution in [0.15, 0.2) is 18.7 Å². The van der Waals surface area contributed by atoms with Crippen LogP contribution in [0.4, 0.5) is 0 Å². The normalized spacial score (nSPS) is 9.31. The fourth-order valence-electron chi connectivity index (χ4n) is 0.748. The molecule has 0 amide bonds. The number of nitrogens with zero attached hydrogens (tertiary/aromatic N) is 2. The summed E-state index contributed by atoms with van der Waals surface area (Å²) in [6.45, 7) is 0. The number of rotatable bonds is 3. The van der Waals surface area contributed by atoms with Crippen LogP contribution in [0.2, 0.25) is 0 Å². The van der Waals surface area contributed by atoms with E-state index in [0.717, 1.165) is 0 Å². The van der Waals surface area contributed by atoms with Gasteiger partial charge in [-0.15, -0.1) is 0 Å². The van der Waals surface area contributed by atoms with E-state index in [1.165, 1.54) is 25.8 Å². The molecule has 0 aromatic carbocycles. The van der Waals surface area contributed by atoms with Crippen LogP contribution in [0, 0.1) is 0 Å². The van der Waals surface area contributed by atoms with Crippen LogP contribution in [0.1, 0.15) is 16.8 Å². The lowest BCUT2D eigenvalue weighted by molar-refractivity contribution is -0.139. The number of hydrogen-bond donors (Lipinski definition) is 0. The van der Waals surface area contributed by atoms with E-state index in [1.807, 2.05) is 0 Å². The highest BCUT2D eigenvalue weighted by atomic mass is 16.5.